The maximum Gasteiger partial charge on any atom is 0.251 e. The first-order chi connectivity index (χ1) is 8.68. The van der Waals surface area contributed by atoms with Gasteiger partial charge in [-0.3, -0.25) is 4.79 Å². The molecule has 1 amide bonds. The van der Waals surface area contributed by atoms with Crippen LogP contribution >= 0.6 is 15.9 Å². The summed E-state index contributed by atoms with van der Waals surface area (Å²) in [6.45, 7) is 1.96. The summed E-state index contributed by atoms with van der Waals surface area (Å²) < 4.78 is 0.735. The van der Waals surface area contributed by atoms with Crippen LogP contribution in [0.25, 0.3) is 0 Å². The van der Waals surface area contributed by atoms with Gasteiger partial charge in [-0.25, -0.2) is 0 Å². The van der Waals surface area contributed by atoms with Crippen molar-refractivity contribution in [1.29, 1.82) is 0 Å². The van der Waals surface area contributed by atoms with Crippen LogP contribution in [-0.4, -0.2) is 25.0 Å². The number of hydrogen-bond donors (Lipinski definition) is 3. The van der Waals surface area contributed by atoms with Crippen LogP contribution in [0, 0.1) is 0 Å². The number of nitrogens with two attached hydrogens (primary N) is 1. The van der Waals surface area contributed by atoms with E-state index in [1.807, 2.05) is 18.2 Å². The predicted octanol–water partition coefficient (Wildman–Crippen LogP) is 2.10. The summed E-state index contributed by atoms with van der Waals surface area (Å²) in [7, 11) is 0. The van der Waals surface area contributed by atoms with E-state index in [9.17, 15) is 4.79 Å². The lowest BCUT2D eigenvalue weighted by Crippen LogP contribution is -2.24. The minimum atomic E-state index is -0.413. The molecule has 0 radical (unpaired) electrons. The van der Waals surface area contributed by atoms with Crippen LogP contribution in [0.5, 0.6) is 0 Å². The number of carbonyl (C=O) groups excluding carboxylic acids is 1. The highest BCUT2D eigenvalue weighted by Crippen LogP contribution is 2.24. The third-order valence-electron chi connectivity index (χ3n) is 3.23. The molecular formula is C13H18BrN3O. The molecule has 0 aliphatic carbocycles. The molecule has 0 saturated carbocycles. The van der Waals surface area contributed by atoms with Crippen LogP contribution in [-0.2, 0) is 0 Å². The molecule has 1 atom stereocenters. The maximum absolute atomic E-state index is 11.4. The second kappa shape index (κ2) is 6.20. The van der Waals surface area contributed by atoms with Gasteiger partial charge in [0.2, 0.25) is 0 Å². The zero-order valence-electron chi connectivity index (χ0n) is 10.2. The Morgan fingerprint density at radius 1 is 1.56 bits per heavy atom. The fourth-order valence-corrected chi connectivity index (χ4v) is 2.87. The van der Waals surface area contributed by atoms with Crippen molar-refractivity contribution >= 4 is 27.5 Å². The Labute approximate surface area is 115 Å². The van der Waals surface area contributed by atoms with E-state index in [-0.39, 0.29) is 0 Å². The predicted molar refractivity (Wildman–Crippen MR) is 76.8 cm³/mol. The van der Waals surface area contributed by atoms with Gasteiger partial charge in [0.05, 0.1) is 5.56 Å². The molecule has 98 valence electrons. The topological polar surface area (TPSA) is 67.2 Å². The molecule has 0 unspecified atom stereocenters. The normalized spacial score (nSPS) is 18.8. The Bertz CT molecular complexity index is 430. The number of halogens is 1. The highest BCUT2D eigenvalue weighted by molar-refractivity contribution is 9.10. The molecule has 1 heterocycles. The van der Waals surface area contributed by atoms with Gasteiger partial charge in [-0.2, -0.15) is 0 Å². The molecule has 1 aromatic rings. The van der Waals surface area contributed by atoms with Crippen LogP contribution in [0.2, 0.25) is 0 Å². The molecule has 0 bridgehead atoms. The molecule has 1 saturated heterocycles. The third-order valence-corrected chi connectivity index (χ3v) is 3.89. The fraction of sp³-hybridized carbons (Fsp3) is 0.462. The Kier molecular flexibility index (Phi) is 4.60. The first-order valence-electron chi connectivity index (χ1n) is 6.24. The Hall–Kier alpha value is -1.07. The highest BCUT2D eigenvalue weighted by Gasteiger charge is 2.15. The smallest absolute Gasteiger partial charge is 0.251 e. The zero-order valence-corrected chi connectivity index (χ0v) is 11.8. The summed E-state index contributed by atoms with van der Waals surface area (Å²) in [5, 5.41) is 6.74. The van der Waals surface area contributed by atoms with E-state index in [4.69, 9.17) is 5.73 Å². The Morgan fingerprint density at radius 3 is 3.06 bits per heavy atom. The van der Waals surface area contributed by atoms with Gasteiger partial charge in [-0.05, 0) is 53.9 Å². The van der Waals surface area contributed by atoms with Crippen LogP contribution in [0.1, 0.15) is 29.6 Å². The van der Waals surface area contributed by atoms with Gasteiger partial charge in [0.15, 0.2) is 0 Å². The standard InChI is InChI=1S/C13H18BrN3O/c14-10-4-1-5-11(12(10)13(15)18)17-8-6-9-3-2-7-16-9/h1,4-5,9,16-17H,2-3,6-8H2,(H2,15,18)/t9-/m1/s1. The molecule has 5 heteroatoms. The summed E-state index contributed by atoms with van der Waals surface area (Å²) in [6, 6.07) is 6.20. The summed E-state index contributed by atoms with van der Waals surface area (Å²) >= 11 is 3.35. The molecule has 0 aromatic heterocycles. The van der Waals surface area contributed by atoms with Crippen molar-refractivity contribution in [2.24, 2.45) is 5.73 Å². The van der Waals surface area contributed by atoms with Gasteiger partial charge in [-0.1, -0.05) is 6.07 Å². The van der Waals surface area contributed by atoms with Gasteiger partial charge in [-0.15, -0.1) is 0 Å². The number of nitrogens with one attached hydrogen (secondary N) is 2. The van der Waals surface area contributed by atoms with Crippen molar-refractivity contribution < 1.29 is 4.79 Å². The Morgan fingerprint density at radius 2 is 2.39 bits per heavy atom. The summed E-state index contributed by atoms with van der Waals surface area (Å²) in [4.78, 5) is 11.4. The molecule has 0 spiro atoms. The number of carbonyl (C=O) groups is 1. The molecular weight excluding hydrogens is 294 g/mol. The van der Waals surface area contributed by atoms with Crippen LogP contribution < -0.4 is 16.4 Å². The van der Waals surface area contributed by atoms with E-state index in [0.717, 1.165) is 29.7 Å². The van der Waals surface area contributed by atoms with Crippen LogP contribution in [0.4, 0.5) is 5.69 Å². The first kappa shape index (κ1) is 13.4. The number of amides is 1. The fourth-order valence-electron chi connectivity index (χ4n) is 2.31. The lowest BCUT2D eigenvalue weighted by Gasteiger charge is -2.14. The SMILES string of the molecule is NC(=O)c1c(Br)cccc1NCC[C@H]1CCCN1. The summed E-state index contributed by atoms with van der Waals surface area (Å²) in [5.74, 6) is -0.413. The molecule has 2 rings (SSSR count). The lowest BCUT2D eigenvalue weighted by molar-refractivity contribution is 0.100. The van der Waals surface area contributed by atoms with Crippen molar-refractivity contribution in [3.8, 4) is 0 Å². The molecule has 4 nitrogen and oxygen atoms in total. The second-order valence-corrected chi connectivity index (χ2v) is 5.39. The van der Waals surface area contributed by atoms with Gasteiger partial charge in [0.1, 0.15) is 0 Å². The average molecular weight is 312 g/mol. The maximum atomic E-state index is 11.4. The zero-order chi connectivity index (χ0) is 13.0. The van der Waals surface area contributed by atoms with E-state index >= 15 is 0 Å². The number of anilines is 1. The summed E-state index contributed by atoms with van der Waals surface area (Å²) in [6.07, 6.45) is 3.56. The quantitative estimate of drug-likeness (QED) is 0.780. The van der Waals surface area contributed by atoms with E-state index in [0.29, 0.717) is 11.6 Å². The van der Waals surface area contributed by atoms with Gasteiger partial charge < -0.3 is 16.4 Å². The number of hydrogen-bond acceptors (Lipinski definition) is 3. The molecule has 1 aliphatic rings. The Balaban J connectivity index is 1.96. The molecule has 1 fully saturated rings. The highest BCUT2D eigenvalue weighted by atomic mass is 79.9. The molecule has 1 aliphatic heterocycles. The minimum Gasteiger partial charge on any atom is -0.384 e. The van der Waals surface area contributed by atoms with Gasteiger partial charge in [0, 0.05) is 22.7 Å². The van der Waals surface area contributed by atoms with Crippen molar-refractivity contribution in [3.05, 3.63) is 28.2 Å². The van der Waals surface area contributed by atoms with Crippen LogP contribution in [0.3, 0.4) is 0 Å². The van der Waals surface area contributed by atoms with Crippen molar-refractivity contribution in [2.45, 2.75) is 25.3 Å². The van der Waals surface area contributed by atoms with Gasteiger partial charge >= 0.3 is 0 Å². The molecule has 4 N–H and O–H groups in total. The second-order valence-electron chi connectivity index (χ2n) is 4.54. The third kappa shape index (κ3) is 3.23. The largest absolute Gasteiger partial charge is 0.384 e. The number of benzene rings is 1. The summed E-state index contributed by atoms with van der Waals surface area (Å²) in [5.41, 5.74) is 6.71. The van der Waals surface area contributed by atoms with Crippen molar-refractivity contribution in [3.63, 3.8) is 0 Å². The number of rotatable bonds is 5. The van der Waals surface area contributed by atoms with Crippen LogP contribution in [0.15, 0.2) is 22.7 Å². The monoisotopic (exact) mass is 311 g/mol. The first-order valence-corrected chi connectivity index (χ1v) is 7.03. The molecule has 1 aromatic carbocycles. The van der Waals surface area contributed by atoms with E-state index < -0.39 is 5.91 Å². The number of primary amides is 1. The van der Waals surface area contributed by atoms with Crippen molar-refractivity contribution in [1.82, 2.24) is 5.32 Å². The lowest BCUT2D eigenvalue weighted by atomic mass is 10.1. The van der Waals surface area contributed by atoms with Crippen molar-refractivity contribution in [2.75, 3.05) is 18.4 Å². The minimum absolute atomic E-state index is 0.413. The van der Waals surface area contributed by atoms with E-state index in [2.05, 4.69) is 26.6 Å². The van der Waals surface area contributed by atoms with E-state index in [1.54, 1.807) is 0 Å². The van der Waals surface area contributed by atoms with E-state index in [1.165, 1.54) is 12.8 Å². The van der Waals surface area contributed by atoms with Gasteiger partial charge in [0.25, 0.3) is 5.91 Å². The molecule has 18 heavy (non-hydrogen) atoms. The average Bonchev–Trinajstić information content (AvgIpc) is 2.81.